The van der Waals surface area contributed by atoms with Crippen molar-refractivity contribution in [1.29, 1.82) is 0 Å². The molecule has 0 aliphatic carbocycles. The maximum atomic E-state index is 13.4. The van der Waals surface area contributed by atoms with Gasteiger partial charge >= 0.3 is 5.97 Å². The molecule has 3 aromatic heterocycles. The van der Waals surface area contributed by atoms with Crippen molar-refractivity contribution in [1.82, 2.24) is 14.0 Å². The summed E-state index contributed by atoms with van der Waals surface area (Å²) >= 11 is 0. The highest BCUT2D eigenvalue weighted by molar-refractivity contribution is 5.99. The van der Waals surface area contributed by atoms with Gasteiger partial charge in [-0.1, -0.05) is 31.5 Å². The number of hydrogen-bond donors (Lipinski definition) is 0. The number of rotatable bonds is 8. The van der Waals surface area contributed by atoms with E-state index in [0.29, 0.717) is 36.6 Å². The minimum atomic E-state index is -0.674. The summed E-state index contributed by atoms with van der Waals surface area (Å²) in [4.78, 5) is 48.9. The molecule has 4 aromatic rings. The van der Waals surface area contributed by atoms with E-state index >= 15 is 0 Å². The minimum Gasteiger partial charge on any atom is -0.493 e. The fourth-order valence-electron chi connectivity index (χ4n) is 3.97. The van der Waals surface area contributed by atoms with Gasteiger partial charge in [-0.2, -0.15) is 4.99 Å². The molecule has 0 fully saturated rings. The van der Waals surface area contributed by atoms with Crippen LogP contribution in [-0.4, -0.2) is 39.0 Å². The third-order valence-corrected chi connectivity index (χ3v) is 5.65. The third kappa shape index (κ3) is 4.77. The highest BCUT2D eigenvalue weighted by Crippen LogP contribution is 2.19. The number of benzene rings is 1. The molecule has 0 radical (unpaired) electrons. The molecule has 1 amide bonds. The fraction of sp³-hybridized carbons (Fsp3) is 0.296. The molecule has 1 aromatic carbocycles. The quantitative estimate of drug-likeness (QED) is 0.276. The number of amides is 1. The van der Waals surface area contributed by atoms with Gasteiger partial charge in [0.15, 0.2) is 5.49 Å². The molecular formula is C27H28N4O5. The number of pyridine rings is 2. The molecule has 36 heavy (non-hydrogen) atoms. The number of fused-ring (bicyclic) bond motifs is 2. The van der Waals surface area contributed by atoms with E-state index in [2.05, 4.69) is 4.99 Å². The van der Waals surface area contributed by atoms with E-state index in [9.17, 15) is 14.4 Å². The molecular weight excluding hydrogens is 460 g/mol. The van der Waals surface area contributed by atoms with Crippen molar-refractivity contribution in [2.75, 3.05) is 13.2 Å². The molecule has 9 nitrogen and oxygen atoms in total. The average Bonchev–Trinajstić information content (AvgIpc) is 2.88. The SMILES string of the molecule is CCCCn1c(=NC(=O)c2ccccc2OCC)c(C(=O)OCC)cc2c(=O)n3ccccc3nc21. The Balaban J connectivity index is 2.09. The first-order valence-corrected chi connectivity index (χ1v) is 12.0. The Morgan fingerprint density at radius 2 is 1.78 bits per heavy atom. The van der Waals surface area contributed by atoms with Crippen molar-refractivity contribution in [3.05, 3.63) is 81.7 Å². The first kappa shape index (κ1) is 24.8. The summed E-state index contributed by atoms with van der Waals surface area (Å²) in [7, 11) is 0. The lowest BCUT2D eigenvalue weighted by Gasteiger charge is -2.15. The van der Waals surface area contributed by atoms with Crippen LogP contribution in [0.1, 0.15) is 54.3 Å². The van der Waals surface area contributed by atoms with E-state index in [1.165, 1.54) is 10.5 Å². The Hall–Kier alpha value is -4.27. The largest absolute Gasteiger partial charge is 0.493 e. The average molecular weight is 489 g/mol. The molecule has 0 aliphatic rings. The van der Waals surface area contributed by atoms with Crippen LogP contribution >= 0.6 is 0 Å². The molecule has 0 unspecified atom stereocenters. The van der Waals surface area contributed by atoms with Crippen molar-refractivity contribution < 1.29 is 19.1 Å². The van der Waals surface area contributed by atoms with Crippen LogP contribution in [0, 0.1) is 0 Å². The van der Waals surface area contributed by atoms with Gasteiger partial charge in [0.2, 0.25) is 0 Å². The number of nitrogens with zero attached hydrogens (tertiary/aromatic N) is 4. The van der Waals surface area contributed by atoms with E-state index in [0.717, 1.165) is 6.42 Å². The second-order valence-corrected chi connectivity index (χ2v) is 8.04. The number of para-hydroxylation sites is 1. The zero-order valence-corrected chi connectivity index (χ0v) is 20.6. The van der Waals surface area contributed by atoms with Gasteiger partial charge in [-0.25, -0.2) is 9.78 Å². The lowest BCUT2D eigenvalue weighted by Crippen LogP contribution is -2.33. The molecule has 0 spiro atoms. The number of unbranched alkanes of at least 4 members (excludes halogenated alkanes) is 1. The van der Waals surface area contributed by atoms with Gasteiger partial charge in [0.05, 0.1) is 24.2 Å². The minimum absolute atomic E-state index is 0.0254. The Bertz CT molecular complexity index is 1570. The highest BCUT2D eigenvalue weighted by atomic mass is 16.5. The summed E-state index contributed by atoms with van der Waals surface area (Å²) in [6.07, 6.45) is 3.18. The van der Waals surface area contributed by atoms with Gasteiger partial charge in [0.25, 0.3) is 11.5 Å². The number of carbonyl (C=O) groups excluding carboxylic acids is 2. The molecule has 4 rings (SSSR count). The Morgan fingerprint density at radius 1 is 1.00 bits per heavy atom. The van der Waals surface area contributed by atoms with Crippen molar-refractivity contribution in [2.24, 2.45) is 4.99 Å². The van der Waals surface area contributed by atoms with Crippen LogP contribution in [0.2, 0.25) is 0 Å². The van der Waals surface area contributed by atoms with Gasteiger partial charge in [-0.05, 0) is 50.6 Å². The lowest BCUT2D eigenvalue weighted by molar-refractivity contribution is 0.0523. The molecule has 0 bridgehead atoms. The Morgan fingerprint density at radius 3 is 2.53 bits per heavy atom. The van der Waals surface area contributed by atoms with Gasteiger partial charge in [0, 0.05) is 12.7 Å². The highest BCUT2D eigenvalue weighted by Gasteiger charge is 2.21. The second-order valence-electron chi connectivity index (χ2n) is 8.04. The molecule has 3 heterocycles. The predicted octanol–water partition coefficient (Wildman–Crippen LogP) is 3.77. The number of aromatic nitrogens is 3. The Kier molecular flexibility index (Phi) is 7.58. The molecule has 0 saturated heterocycles. The van der Waals surface area contributed by atoms with Gasteiger partial charge in [0.1, 0.15) is 22.6 Å². The predicted molar refractivity (Wildman–Crippen MR) is 135 cm³/mol. The molecule has 0 atom stereocenters. The number of hydrogen-bond acceptors (Lipinski definition) is 6. The summed E-state index contributed by atoms with van der Waals surface area (Å²) in [5.74, 6) is -0.853. The topological polar surface area (TPSA) is 104 Å². The first-order chi connectivity index (χ1) is 17.5. The zero-order valence-electron chi connectivity index (χ0n) is 20.6. The van der Waals surface area contributed by atoms with E-state index in [1.807, 2.05) is 13.8 Å². The van der Waals surface area contributed by atoms with Crippen LogP contribution in [0.15, 0.2) is 64.5 Å². The second kappa shape index (κ2) is 11.0. The molecule has 0 aliphatic heterocycles. The molecule has 0 saturated carbocycles. The number of carbonyl (C=O) groups is 2. The molecule has 0 N–H and O–H groups in total. The fourth-order valence-corrected chi connectivity index (χ4v) is 3.97. The van der Waals surface area contributed by atoms with E-state index in [1.54, 1.807) is 60.2 Å². The van der Waals surface area contributed by atoms with Gasteiger partial charge in [-0.15, -0.1) is 0 Å². The number of aryl methyl sites for hydroxylation is 1. The Labute approximate surface area is 207 Å². The number of ether oxygens (including phenoxy) is 2. The van der Waals surface area contributed by atoms with E-state index in [-0.39, 0.29) is 34.2 Å². The standard InChI is InChI=1S/C27H28N4O5/c1-4-7-15-31-23-19(26(33)30-16-11-10-14-22(30)28-23)17-20(27(34)36-6-3)24(31)29-25(32)18-12-8-9-13-21(18)35-5-2/h8-14,16-17H,4-7,15H2,1-3H3. The maximum Gasteiger partial charge on any atom is 0.341 e. The monoisotopic (exact) mass is 488 g/mol. The molecule has 186 valence electrons. The van der Waals surface area contributed by atoms with Crippen molar-refractivity contribution in [3.8, 4) is 5.75 Å². The van der Waals surface area contributed by atoms with Crippen LogP contribution < -0.4 is 15.8 Å². The van der Waals surface area contributed by atoms with Crippen molar-refractivity contribution >= 4 is 28.6 Å². The van der Waals surface area contributed by atoms with E-state index in [4.69, 9.17) is 14.5 Å². The zero-order chi connectivity index (χ0) is 25.7. The van der Waals surface area contributed by atoms with Crippen LogP contribution in [0.3, 0.4) is 0 Å². The van der Waals surface area contributed by atoms with Crippen molar-refractivity contribution in [3.63, 3.8) is 0 Å². The van der Waals surface area contributed by atoms with Crippen molar-refractivity contribution in [2.45, 2.75) is 40.2 Å². The summed E-state index contributed by atoms with van der Waals surface area (Å²) < 4.78 is 14.0. The first-order valence-electron chi connectivity index (χ1n) is 12.0. The van der Waals surface area contributed by atoms with Gasteiger partial charge < -0.3 is 14.0 Å². The smallest absolute Gasteiger partial charge is 0.341 e. The van der Waals surface area contributed by atoms with Crippen LogP contribution in [-0.2, 0) is 11.3 Å². The summed E-state index contributed by atoms with van der Waals surface area (Å²) in [6, 6.07) is 13.5. The maximum absolute atomic E-state index is 13.4. The van der Waals surface area contributed by atoms with Gasteiger partial charge in [-0.3, -0.25) is 14.0 Å². The summed E-state index contributed by atoms with van der Waals surface area (Å²) in [6.45, 7) is 6.44. The van der Waals surface area contributed by atoms with E-state index < -0.39 is 11.9 Å². The van der Waals surface area contributed by atoms with Crippen LogP contribution in [0.25, 0.3) is 16.7 Å². The summed E-state index contributed by atoms with van der Waals surface area (Å²) in [5.41, 5.74) is 0.851. The van der Waals surface area contributed by atoms with Crippen LogP contribution in [0.5, 0.6) is 5.75 Å². The van der Waals surface area contributed by atoms with Crippen LogP contribution in [0.4, 0.5) is 0 Å². The third-order valence-electron chi connectivity index (χ3n) is 5.65. The molecule has 9 heteroatoms. The lowest BCUT2D eigenvalue weighted by atomic mass is 10.1. The summed E-state index contributed by atoms with van der Waals surface area (Å²) in [5, 5.41) is 0.235. The number of esters is 1. The normalized spacial score (nSPS) is 11.7.